The highest BCUT2D eigenvalue weighted by molar-refractivity contribution is 5.93. The van der Waals surface area contributed by atoms with E-state index in [1.54, 1.807) is 37.6 Å². The number of benzene rings is 1. The van der Waals surface area contributed by atoms with E-state index >= 15 is 0 Å². The lowest BCUT2D eigenvalue weighted by atomic mass is 10.1. The minimum Gasteiger partial charge on any atom is -0.462 e. The number of aromatic nitrogens is 2. The average Bonchev–Trinajstić information content (AvgIpc) is 2.96. The largest absolute Gasteiger partial charge is 0.462 e. The number of ether oxygens (including phenoxy) is 1. The van der Waals surface area contributed by atoms with E-state index in [4.69, 9.17) is 10.5 Å². The molecular weight excluding hydrogens is 344 g/mol. The van der Waals surface area contributed by atoms with Gasteiger partial charge in [0.2, 0.25) is 5.91 Å². The predicted octanol–water partition coefficient (Wildman–Crippen LogP) is 2.31. The van der Waals surface area contributed by atoms with Crippen LogP contribution in [-0.2, 0) is 9.53 Å². The van der Waals surface area contributed by atoms with Crippen LogP contribution < -0.4 is 11.1 Å². The highest BCUT2D eigenvalue weighted by Gasteiger charge is 2.16. The molecule has 1 amide bonds. The molecule has 0 bridgehead atoms. The van der Waals surface area contributed by atoms with E-state index in [2.05, 4.69) is 10.4 Å². The van der Waals surface area contributed by atoms with Gasteiger partial charge in [0.05, 0.1) is 24.2 Å². The zero-order valence-corrected chi connectivity index (χ0v) is 15.3. The molecule has 1 aromatic carbocycles. The molecule has 0 radical (unpaired) electrons. The van der Waals surface area contributed by atoms with Crippen molar-refractivity contribution in [2.45, 2.75) is 20.8 Å². The Morgan fingerprint density at radius 1 is 1.40 bits per heavy atom. The first-order chi connectivity index (χ1) is 11.5. The zero-order chi connectivity index (χ0) is 17.7. The second kappa shape index (κ2) is 9.19. The molecule has 1 atom stereocenters. The van der Waals surface area contributed by atoms with Gasteiger partial charge in [-0.15, -0.1) is 12.4 Å². The number of nitrogens with one attached hydrogen (secondary N) is 1. The number of hydrogen-bond acceptors (Lipinski definition) is 5. The number of rotatable bonds is 6. The third-order valence-corrected chi connectivity index (χ3v) is 3.66. The molecule has 25 heavy (non-hydrogen) atoms. The molecule has 2 aromatic rings. The number of anilines is 1. The Balaban J connectivity index is 0.00000312. The molecule has 0 aliphatic carbocycles. The summed E-state index contributed by atoms with van der Waals surface area (Å²) in [6.07, 6.45) is 1.48. The maximum atomic E-state index is 11.9. The first-order valence-electron chi connectivity index (χ1n) is 7.81. The molecule has 0 spiro atoms. The Morgan fingerprint density at radius 2 is 2.12 bits per heavy atom. The molecule has 8 heteroatoms. The summed E-state index contributed by atoms with van der Waals surface area (Å²) in [5, 5.41) is 7.06. The fourth-order valence-corrected chi connectivity index (χ4v) is 2.17. The lowest BCUT2D eigenvalue weighted by molar-refractivity contribution is -0.119. The lowest BCUT2D eigenvalue weighted by Gasteiger charge is -2.12. The molecule has 3 N–H and O–H groups in total. The van der Waals surface area contributed by atoms with Crippen LogP contribution >= 0.6 is 12.4 Å². The molecular formula is C17H23ClN4O3. The summed E-state index contributed by atoms with van der Waals surface area (Å²) in [6, 6.07) is 7.23. The standard InChI is InChI=1S/C17H22N4O3.ClH/c1-4-24-17(23)15-10-19-21(12(15)3)14-7-5-6-13(8-14)20-16(22)11(2)9-18;/h5-8,10-11H,4,9,18H2,1-3H3,(H,20,22);1H. The van der Waals surface area contributed by atoms with Crippen molar-refractivity contribution < 1.29 is 14.3 Å². The van der Waals surface area contributed by atoms with E-state index in [1.165, 1.54) is 6.20 Å². The molecule has 1 aromatic heterocycles. The van der Waals surface area contributed by atoms with Gasteiger partial charge in [0.1, 0.15) is 5.56 Å². The van der Waals surface area contributed by atoms with Gasteiger partial charge in [-0.05, 0) is 32.0 Å². The fourth-order valence-electron chi connectivity index (χ4n) is 2.17. The van der Waals surface area contributed by atoms with Crippen LogP contribution in [0, 0.1) is 12.8 Å². The Labute approximate surface area is 152 Å². The van der Waals surface area contributed by atoms with Crippen LogP contribution in [0.15, 0.2) is 30.5 Å². The summed E-state index contributed by atoms with van der Waals surface area (Å²) < 4.78 is 6.65. The van der Waals surface area contributed by atoms with Gasteiger partial charge in [0.15, 0.2) is 0 Å². The topological polar surface area (TPSA) is 99.2 Å². The van der Waals surface area contributed by atoms with Crippen molar-refractivity contribution in [3.05, 3.63) is 41.7 Å². The molecule has 1 heterocycles. The quantitative estimate of drug-likeness (QED) is 0.764. The van der Waals surface area contributed by atoms with Crippen molar-refractivity contribution >= 4 is 30.0 Å². The number of halogens is 1. The van der Waals surface area contributed by atoms with Crippen molar-refractivity contribution in [3.8, 4) is 5.69 Å². The van der Waals surface area contributed by atoms with Crippen LogP contribution in [0.4, 0.5) is 5.69 Å². The van der Waals surface area contributed by atoms with E-state index in [1.807, 2.05) is 12.1 Å². The van der Waals surface area contributed by atoms with Crippen molar-refractivity contribution in [1.29, 1.82) is 0 Å². The average molecular weight is 367 g/mol. The normalized spacial score (nSPS) is 11.4. The Bertz CT molecular complexity index is 745. The number of carbonyl (C=O) groups excluding carboxylic acids is 2. The minimum absolute atomic E-state index is 0. The Morgan fingerprint density at radius 3 is 2.76 bits per heavy atom. The summed E-state index contributed by atoms with van der Waals surface area (Å²) in [7, 11) is 0. The first kappa shape index (κ1) is 20.7. The molecule has 136 valence electrons. The van der Waals surface area contributed by atoms with Crippen molar-refractivity contribution in [1.82, 2.24) is 9.78 Å². The zero-order valence-electron chi connectivity index (χ0n) is 14.5. The highest BCUT2D eigenvalue weighted by Crippen LogP contribution is 2.19. The van der Waals surface area contributed by atoms with Crippen molar-refractivity contribution in [2.24, 2.45) is 11.7 Å². The van der Waals surface area contributed by atoms with Crippen molar-refractivity contribution in [3.63, 3.8) is 0 Å². The minimum atomic E-state index is -0.400. The summed E-state index contributed by atoms with van der Waals surface area (Å²) >= 11 is 0. The van der Waals surface area contributed by atoms with E-state index in [-0.39, 0.29) is 30.8 Å². The van der Waals surface area contributed by atoms with E-state index in [9.17, 15) is 9.59 Å². The summed E-state index contributed by atoms with van der Waals surface area (Å²) in [4.78, 5) is 23.8. The Hall–Kier alpha value is -2.38. The maximum Gasteiger partial charge on any atom is 0.341 e. The summed E-state index contributed by atoms with van der Waals surface area (Å²) in [6.45, 7) is 5.91. The van der Waals surface area contributed by atoms with Gasteiger partial charge >= 0.3 is 5.97 Å². The van der Waals surface area contributed by atoms with E-state index in [0.29, 0.717) is 23.6 Å². The number of nitrogens with two attached hydrogens (primary N) is 1. The number of esters is 1. The van der Waals surface area contributed by atoms with Gasteiger partial charge in [-0.25, -0.2) is 9.48 Å². The lowest BCUT2D eigenvalue weighted by Crippen LogP contribution is -2.26. The molecule has 0 aliphatic rings. The van der Waals surface area contributed by atoms with Crippen LogP contribution in [0.2, 0.25) is 0 Å². The van der Waals surface area contributed by atoms with Crippen LogP contribution in [0.25, 0.3) is 5.69 Å². The monoisotopic (exact) mass is 366 g/mol. The summed E-state index contributed by atoms with van der Waals surface area (Å²) in [5.41, 5.74) is 7.98. The number of carbonyl (C=O) groups is 2. The molecule has 0 saturated heterocycles. The molecule has 0 fully saturated rings. The van der Waals surface area contributed by atoms with Gasteiger partial charge < -0.3 is 15.8 Å². The predicted molar refractivity (Wildman–Crippen MR) is 98.4 cm³/mol. The molecule has 1 unspecified atom stereocenters. The fraction of sp³-hybridized carbons (Fsp3) is 0.353. The van der Waals surface area contributed by atoms with Gasteiger partial charge in [-0.2, -0.15) is 5.10 Å². The van der Waals surface area contributed by atoms with Crippen LogP contribution in [0.3, 0.4) is 0 Å². The molecule has 0 saturated carbocycles. The van der Waals surface area contributed by atoms with Crippen LogP contribution in [0.1, 0.15) is 29.9 Å². The molecule has 7 nitrogen and oxygen atoms in total. The van der Waals surface area contributed by atoms with Gasteiger partial charge in [0.25, 0.3) is 0 Å². The third-order valence-electron chi connectivity index (χ3n) is 3.66. The maximum absolute atomic E-state index is 11.9. The Kier molecular flexibility index (Phi) is 7.60. The SMILES string of the molecule is CCOC(=O)c1cnn(-c2cccc(NC(=O)C(C)CN)c2)c1C.Cl. The number of amides is 1. The molecule has 0 aliphatic heterocycles. The summed E-state index contributed by atoms with van der Waals surface area (Å²) in [5.74, 6) is -0.808. The van der Waals surface area contributed by atoms with Crippen molar-refractivity contribution in [2.75, 3.05) is 18.5 Å². The van der Waals surface area contributed by atoms with E-state index < -0.39 is 5.97 Å². The first-order valence-corrected chi connectivity index (χ1v) is 7.81. The van der Waals surface area contributed by atoms with E-state index in [0.717, 1.165) is 5.69 Å². The van der Waals surface area contributed by atoms with Gasteiger partial charge in [0, 0.05) is 18.2 Å². The highest BCUT2D eigenvalue weighted by atomic mass is 35.5. The van der Waals surface area contributed by atoms with Crippen LogP contribution in [0.5, 0.6) is 0 Å². The van der Waals surface area contributed by atoms with Gasteiger partial charge in [-0.1, -0.05) is 13.0 Å². The number of nitrogens with zero attached hydrogens (tertiary/aromatic N) is 2. The molecule has 2 rings (SSSR count). The second-order valence-corrected chi connectivity index (χ2v) is 5.45. The third kappa shape index (κ3) is 4.80. The second-order valence-electron chi connectivity index (χ2n) is 5.45. The smallest absolute Gasteiger partial charge is 0.341 e. The van der Waals surface area contributed by atoms with Crippen LogP contribution in [-0.4, -0.2) is 34.8 Å². The van der Waals surface area contributed by atoms with Gasteiger partial charge in [-0.3, -0.25) is 4.79 Å². The number of hydrogen-bond donors (Lipinski definition) is 2.